The molecule has 0 radical (unpaired) electrons. The fraction of sp³-hybridized carbons (Fsp3) is 0.542. The highest BCUT2D eigenvalue weighted by Gasteiger charge is 2.37. The summed E-state index contributed by atoms with van der Waals surface area (Å²) in [5.74, 6) is 0.432. The summed E-state index contributed by atoms with van der Waals surface area (Å²) in [6, 6.07) is 1.58. The molecule has 13 heteroatoms. The van der Waals surface area contributed by atoms with Gasteiger partial charge < -0.3 is 19.9 Å². The van der Waals surface area contributed by atoms with Crippen molar-refractivity contribution in [1.29, 1.82) is 0 Å². The largest absolute Gasteiger partial charge is 0.418 e. The molecule has 0 unspecified atom stereocenters. The van der Waals surface area contributed by atoms with Crippen LogP contribution in [0.15, 0.2) is 30.7 Å². The molecule has 2 aliphatic rings. The molecule has 4 heterocycles. The second kappa shape index (κ2) is 10.7. The number of rotatable bonds is 7. The van der Waals surface area contributed by atoms with Gasteiger partial charge in [-0.1, -0.05) is 0 Å². The fourth-order valence-corrected chi connectivity index (χ4v) is 4.67. The SMILES string of the molecule is C[C@@H](COCCC(=O)N1CCN2c3ncc(C(F)(F)F)cc3CC[C@H]2C1)Nc1cnccc1C(F)(F)F. The van der Waals surface area contributed by atoms with E-state index < -0.39 is 29.5 Å². The van der Waals surface area contributed by atoms with Gasteiger partial charge in [-0.2, -0.15) is 26.3 Å². The van der Waals surface area contributed by atoms with Crippen LogP contribution in [0, 0.1) is 0 Å². The number of ether oxygens (including phenoxy) is 1. The van der Waals surface area contributed by atoms with Crippen molar-refractivity contribution >= 4 is 17.4 Å². The number of carbonyl (C=O) groups excluding carboxylic acids is 1. The van der Waals surface area contributed by atoms with Crippen LogP contribution in [0.25, 0.3) is 0 Å². The summed E-state index contributed by atoms with van der Waals surface area (Å²) in [4.78, 5) is 24.2. The Bertz CT molecular complexity index is 1110. The van der Waals surface area contributed by atoms with Crippen LogP contribution in [-0.2, 0) is 28.3 Å². The first-order chi connectivity index (χ1) is 17.4. The topological polar surface area (TPSA) is 70.6 Å². The predicted molar refractivity (Wildman–Crippen MR) is 123 cm³/mol. The zero-order valence-electron chi connectivity index (χ0n) is 20.1. The summed E-state index contributed by atoms with van der Waals surface area (Å²) in [5.41, 5.74) is -1.15. The van der Waals surface area contributed by atoms with Crippen molar-refractivity contribution in [3.05, 3.63) is 47.4 Å². The number of hydrogen-bond donors (Lipinski definition) is 1. The number of amides is 1. The zero-order chi connectivity index (χ0) is 26.8. The third-order valence-corrected chi connectivity index (χ3v) is 6.48. The summed E-state index contributed by atoms with van der Waals surface area (Å²) in [6.07, 6.45) is -4.72. The van der Waals surface area contributed by atoms with Gasteiger partial charge >= 0.3 is 12.4 Å². The summed E-state index contributed by atoms with van der Waals surface area (Å²) >= 11 is 0. The lowest BCUT2D eigenvalue weighted by atomic mass is 9.95. The average molecular weight is 532 g/mol. The van der Waals surface area contributed by atoms with Crippen molar-refractivity contribution in [2.24, 2.45) is 0 Å². The van der Waals surface area contributed by atoms with Crippen molar-refractivity contribution < 1.29 is 35.9 Å². The summed E-state index contributed by atoms with van der Waals surface area (Å²) in [7, 11) is 0. The van der Waals surface area contributed by atoms with E-state index in [9.17, 15) is 31.1 Å². The maximum absolute atomic E-state index is 13.1. The van der Waals surface area contributed by atoms with Crippen LogP contribution in [0.1, 0.15) is 36.5 Å². The molecular weight excluding hydrogens is 504 g/mol. The Morgan fingerprint density at radius 2 is 1.97 bits per heavy atom. The predicted octanol–water partition coefficient (Wildman–Crippen LogP) is 4.38. The molecule has 1 saturated heterocycles. The number of carbonyl (C=O) groups is 1. The van der Waals surface area contributed by atoms with Crippen LogP contribution in [0.5, 0.6) is 0 Å². The highest BCUT2D eigenvalue weighted by molar-refractivity contribution is 5.76. The van der Waals surface area contributed by atoms with Crippen LogP contribution in [0.3, 0.4) is 0 Å². The second-order valence-corrected chi connectivity index (χ2v) is 9.22. The number of halogens is 6. The van der Waals surface area contributed by atoms with Gasteiger partial charge in [0.15, 0.2) is 0 Å². The van der Waals surface area contributed by atoms with Gasteiger partial charge in [0.05, 0.1) is 42.6 Å². The van der Waals surface area contributed by atoms with Gasteiger partial charge in [-0.05, 0) is 37.5 Å². The number of fused-ring (bicyclic) bond motifs is 3. The molecule has 4 rings (SSSR count). The first-order valence-corrected chi connectivity index (χ1v) is 11.9. The number of pyridine rings is 2. The van der Waals surface area contributed by atoms with Crippen LogP contribution < -0.4 is 10.2 Å². The van der Waals surface area contributed by atoms with Crippen molar-refractivity contribution in [2.45, 2.75) is 50.6 Å². The number of hydrogen-bond acceptors (Lipinski definition) is 6. The van der Waals surface area contributed by atoms with Gasteiger partial charge in [-0.3, -0.25) is 9.78 Å². The summed E-state index contributed by atoms with van der Waals surface area (Å²) < 4.78 is 83.9. The van der Waals surface area contributed by atoms with E-state index in [0.717, 1.165) is 30.7 Å². The number of piperazine rings is 1. The molecule has 1 amide bonds. The van der Waals surface area contributed by atoms with E-state index in [1.54, 1.807) is 11.8 Å². The maximum Gasteiger partial charge on any atom is 0.418 e. The van der Waals surface area contributed by atoms with E-state index in [0.29, 0.717) is 43.9 Å². The highest BCUT2D eigenvalue weighted by atomic mass is 19.4. The lowest BCUT2D eigenvalue weighted by Crippen LogP contribution is -2.56. The van der Waals surface area contributed by atoms with Crippen LogP contribution in [-0.4, -0.2) is 65.7 Å². The summed E-state index contributed by atoms with van der Waals surface area (Å²) in [5, 5.41) is 2.74. The summed E-state index contributed by atoms with van der Waals surface area (Å²) in [6.45, 7) is 3.20. The van der Waals surface area contributed by atoms with E-state index in [1.165, 1.54) is 0 Å². The number of nitrogens with one attached hydrogen (secondary N) is 1. The number of aryl methyl sites for hydroxylation is 1. The average Bonchev–Trinajstić information content (AvgIpc) is 2.84. The molecule has 0 spiro atoms. The maximum atomic E-state index is 13.1. The molecule has 0 saturated carbocycles. The Kier molecular flexibility index (Phi) is 7.81. The third kappa shape index (κ3) is 6.43. The van der Waals surface area contributed by atoms with Crippen LogP contribution in [0.4, 0.5) is 37.8 Å². The van der Waals surface area contributed by atoms with E-state index in [-0.39, 0.29) is 37.3 Å². The quantitative estimate of drug-likeness (QED) is 0.423. The van der Waals surface area contributed by atoms with Gasteiger partial charge in [0.2, 0.25) is 5.91 Å². The minimum absolute atomic E-state index is 0.0260. The standard InChI is InChI=1S/C24H27F6N5O2/c1-15(33-20-12-31-6-4-19(20)24(28,29)30)14-37-9-5-21(36)34-7-8-35-18(13-34)3-2-16-10-17(23(25,26)27)11-32-22(16)35/h4,6,10-12,15,18,33H,2-3,5,7-9,13-14H2,1H3/t15-,18-/m0/s1. The Morgan fingerprint density at radius 3 is 2.70 bits per heavy atom. The number of alkyl halides is 6. The van der Waals surface area contributed by atoms with Crippen molar-refractivity contribution in [3.8, 4) is 0 Å². The van der Waals surface area contributed by atoms with E-state index in [4.69, 9.17) is 4.74 Å². The smallest absolute Gasteiger partial charge is 0.379 e. The first-order valence-electron chi connectivity index (χ1n) is 11.9. The molecule has 2 atom stereocenters. The molecule has 0 aliphatic carbocycles. The monoisotopic (exact) mass is 531 g/mol. The molecule has 2 aliphatic heterocycles. The van der Waals surface area contributed by atoms with Gasteiger partial charge in [0.25, 0.3) is 0 Å². The van der Waals surface area contributed by atoms with E-state index in [2.05, 4.69) is 15.3 Å². The molecule has 2 aromatic rings. The molecule has 0 aromatic carbocycles. The zero-order valence-corrected chi connectivity index (χ0v) is 20.1. The lowest BCUT2D eigenvalue weighted by Gasteiger charge is -2.45. The van der Waals surface area contributed by atoms with Crippen molar-refractivity contribution in [1.82, 2.24) is 14.9 Å². The molecule has 1 N–H and O–H groups in total. The highest BCUT2D eigenvalue weighted by Crippen LogP contribution is 2.36. The van der Waals surface area contributed by atoms with Gasteiger partial charge in [-0.15, -0.1) is 0 Å². The number of aromatic nitrogens is 2. The number of anilines is 2. The molecule has 7 nitrogen and oxygen atoms in total. The third-order valence-electron chi connectivity index (χ3n) is 6.48. The van der Waals surface area contributed by atoms with E-state index in [1.807, 2.05) is 4.90 Å². The second-order valence-electron chi connectivity index (χ2n) is 9.22. The number of nitrogens with zero attached hydrogens (tertiary/aromatic N) is 4. The lowest BCUT2D eigenvalue weighted by molar-refractivity contribution is -0.138. The van der Waals surface area contributed by atoms with Gasteiger partial charge in [0.1, 0.15) is 5.82 Å². The van der Waals surface area contributed by atoms with Gasteiger partial charge in [-0.25, -0.2) is 4.98 Å². The Balaban J connectivity index is 1.23. The minimum atomic E-state index is -4.51. The Hall–Kier alpha value is -3.09. The molecule has 37 heavy (non-hydrogen) atoms. The Labute approximate surface area is 209 Å². The molecule has 0 bridgehead atoms. The van der Waals surface area contributed by atoms with Crippen molar-refractivity contribution in [3.63, 3.8) is 0 Å². The van der Waals surface area contributed by atoms with E-state index >= 15 is 0 Å². The van der Waals surface area contributed by atoms with Crippen LogP contribution in [0.2, 0.25) is 0 Å². The minimum Gasteiger partial charge on any atom is -0.379 e. The molecular formula is C24H27F6N5O2. The normalized spacial score (nSPS) is 18.7. The van der Waals surface area contributed by atoms with Gasteiger partial charge in [0, 0.05) is 44.1 Å². The molecule has 2 aromatic heterocycles. The Morgan fingerprint density at radius 1 is 1.19 bits per heavy atom. The van der Waals surface area contributed by atoms with Crippen LogP contribution >= 0.6 is 0 Å². The first kappa shape index (κ1) is 27.0. The molecule has 1 fully saturated rings. The fourth-order valence-electron chi connectivity index (χ4n) is 4.67. The molecule has 202 valence electrons. The van der Waals surface area contributed by atoms with Crippen molar-refractivity contribution in [2.75, 3.05) is 43.1 Å².